The molecule has 6 heteroatoms. The van der Waals surface area contributed by atoms with Crippen LogP contribution in [0.1, 0.15) is 6.42 Å². The second kappa shape index (κ2) is 5.67. The minimum Gasteiger partial charge on any atom is -0.497 e. The molecular weight excluding hydrogens is 268 g/mol. The number of hydrogen-bond acceptors (Lipinski definition) is 3. The van der Waals surface area contributed by atoms with E-state index in [1.54, 1.807) is 13.4 Å². The number of nitrogens with zero attached hydrogens (tertiary/aromatic N) is 1. The summed E-state index contributed by atoms with van der Waals surface area (Å²) in [6, 6.07) is 5.82. The van der Waals surface area contributed by atoms with Gasteiger partial charge < -0.3 is 14.3 Å². The van der Waals surface area contributed by atoms with Gasteiger partial charge in [0.1, 0.15) is 5.75 Å². The fraction of sp³-hybridized carbons (Fsp3) is 0.417. The zero-order chi connectivity index (χ0) is 13.1. The van der Waals surface area contributed by atoms with Gasteiger partial charge in [-0.15, -0.1) is 0 Å². The predicted octanol–water partition coefficient (Wildman–Crippen LogP) is 2.48. The van der Waals surface area contributed by atoms with Crippen LogP contribution in [0.3, 0.4) is 0 Å². The van der Waals surface area contributed by atoms with Crippen LogP contribution in [0.15, 0.2) is 18.2 Å². The quantitative estimate of drug-likeness (QED) is 0.858. The topological polar surface area (TPSA) is 47.0 Å². The number of fused-ring (bicyclic) bond motifs is 1. The second-order valence-electron chi connectivity index (χ2n) is 4.10. The third kappa shape index (κ3) is 2.81. The first-order valence-corrected chi connectivity index (χ1v) is 7.82. The average molecular weight is 284 g/mol. The number of rotatable bonds is 5. The minimum absolute atomic E-state index is 0.693. The number of hydrogen-bond donors (Lipinski definition) is 1. The van der Waals surface area contributed by atoms with Crippen molar-refractivity contribution in [2.75, 3.05) is 19.1 Å². The zero-order valence-electron chi connectivity index (χ0n) is 10.4. The van der Waals surface area contributed by atoms with Gasteiger partial charge in [-0.3, -0.25) is 4.21 Å². The second-order valence-corrected chi connectivity index (χ2v) is 6.04. The molecule has 18 heavy (non-hydrogen) atoms. The Kier molecular flexibility index (Phi) is 4.19. The Balaban J connectivity index is 2.33. The summed E-state index contributed by atoms with van der Waals surface area (Å²) in [5.74, 6) is 1.50. The van der Waals surface area contributed by atoms with Gasteiger partial charge in [0.2, 0.25) is 0 Å². The number of aryl methyl sites for hydroxylation is 1. The maximum atomic E-state index is 11.1. The molecule has 0 aliphatic heterocycles. The van der Waals surface area contributed by atoms with Gasteiger partial charge in [-0.05, 0) is 30.8 Å². The highest BCUT2D eigenvalue weighted by atomic mass is 32.2. The van der Waals surface area contributed by atoms with Gasteiger partial charge in [0.15, 0.2) is 4.77 Å². The lowest BCUT2D eigenvalue weighted by molar-refractivity contribution is 0.415. The van der Waals surface area contributed by atoms with Crippen LogP contribution in [0.25, 0.3) is 11.0 Å². The number of aromatic amines is 1. The molecule has 98 valence electrons. The molecule has 0 spiro atoms. The van der Waals surface area contributed by atoms with Crippen molar-refractivity contribution in [3.8, 4) is 5.75 Å². The molecule has 0 aliphatic rings. The molecule has 0 saturated carbocycles. The number of benzene rings is 1. The highest BCUT2D eigenvalue weighted by Crippen LogP contribution is 2.20. The van der Waals surface area contributed by atoms with E-state index in [-0.39, 0.29) is 0 Å². The number of nitrogens with one attached hydrogen (secondary N) is 1. The van der Waals surface area contributed by atoms with E-state index < -0.39 is 10.8 Å². The van der Waals surface area contributed by atoms with Gasteiger partial charge in [0, 0.05) is 35.4 Å². The van der Waals surface area contributed by atoms with E-state index in [9.17, 15) is 4.21 Å². The molecule has 4 nitrogen and oxygen atoms in total. The van der Waals surface area contributed by atoms with Crippen LogP contribution in [-0.4, -0.2) is 32.9 Å². The molecule has 1 N–H and O–H groups in total. The molecule has 0 amide bonds. The van der Waals surface area contributed by atoms with E-state index in [1.807, 2.05) is 22.8 Å². The summed E-state index contributed by atoms with van der Waals surface area (Å²) in [6.45, 7) is 0.769. The summed E-state index contributed by atoms with van der Waals surface area (Å²) in [5, 5.41) is 0. The molecule has 1 aromatic heterocycles. The maximum Gasteiger partial charge on any atom is 0.178 e. The Hall–Kier alpha value is -1.14. The SMILES string of the molecule is COc1ccc2[nH]c(=S)n(CCCS(C)=O)c2c1. The first-order valence-electron chi connectivity index (χ1n) is 5.68. The van der Waals surface area contributed by atoms with Crippen molar-refractivity contribution in [2.24, 2.45) is 0 Å². The van der Waals surface area contributed by atoms with E-state index in [0.717, 1.165) is 29.7 Å². The molecular formula is C12H16N2O2S2. The van der Waals surface area contributed by atoms with Crippen LogP contribution < -0.4 is 4.74 Å². The lowest BCUT2D eigenvalue weighted by Crippen LogP contribution is -2.03. The van der Waals surface area contributed by atoms with Gasteiger partial charge in [-0.2, -0.15) is 0 Å². The first kappa shape index (κ1) is 13.3. The highest BCUT2D eigenvalue weighted by Gasteiger charge is 2.05. The number of imidazole rings is 1. The fourth-order valence-electron chi connectivity index (χ4n) is 1.91. The van der Waals surface area contributed by atoms with Crippen molar-refractivity contribution < 1.29 is 8.95 Å². The molecule has 1 heterocycles. The van der Waals surface area contributed by atoms with Crippen molar-refractivity contribution in [1.82, 2.24) is 9.55 Å². The van der Waals surface area contributed by atoms with Gasteiger partial charge in [-0.1, -0.05) is 0 Å². The lowest BCUT2D eigenvalue weighted by atomic mass is 10.3. The Morgan fingerprint density at radius 1 is 1.50 bits per heavy atom. The maximum absolute atomic E-state index is 11.1. The Morgan fingerprint density at radius 2 is 2.28 bits per heavy atom. The lowest BCUT2D eigenvalue weighted by Gasteiger charge is -2.05. The minimum atomic E-state index is -0.756. The van der Waals surface area contributed by atoms with E-state index in [1.165, 1.54) is 0 Å². The van der Waals surface area contributed by atoms with Crippen LogP contribution >= 0.6 is 12.2 Å². The van der Waals surface area contributed by atoms with Crippen LogP contribution in [0.2, 0.25) is 0 Å². The third-order valence-electron chi connectivity index (χ3n) is 2.80. The van der Waals surface area contributed by atoms with Crippen molar-refractivity contribution in [3.63, 3.8) is 0 Å². The van der Waals surface area contributed by atoms with Crippen molar-refractivity contribution in [3.05, 3.63) is 23.0 Å². The summed E-state index contributed by atoms with van der Waals surface area (Å²) in [5.41, 5.74) is 2.03. The predicted molar refractivity (Wildman–Crippen MR) is 77.2 cm³/mol. The van der Waals surface area contributed by atoms with Crippen molar-refractivity contribution >= 4 is 34.1 Å². The molecule has 0 bridgehead atoms. The summed E-state index contributed by atoms with van der Waals surface area (Å²) in [7, 11) is 0.890. The number of methoxy groups -OCH3 is 1. The molecule has 1 atom stereocenters. The third-order valence-corrected chi connectivity index (χ3v) is 3.98. The van der Waals surface area contributed by atoms with E-state index >= 15 is 0 Å². The van der Waals surface area contributed by atoms with Gasteiger partial charge in [-0.25, -0.2) is 0 Å². The number of ether oxygens (including phenoxy) is 1. The zero-order valence-corrected chi connectivity index (χ0v) is 12.1. The van der Waals surface area contributed by atoms with Crippen LogP contribution in [0.5, 0.6) is 5.75 Å². The average Bonchev–Trinajstić information content (AvgIpc) is 2.64. The Bertz CT molecular complexity index is 631. The molecule has 1 aromatic carbocycles. The van der Waals surface area contributed by atoms with Crippen molar-refractivity contribution in [1.29, 1.82) is 0 Å². The number of H-pyrrole nitrogens is 1. The molecule has 0 radical (unpaired) electrons. The van der Waals surface area contributed by atoms with E-state index in [2.05, 4.69) is 4.98 Å². The molecule has 2 rings (SSSR count). The summed E-state index contributed by atoms with van der Waals surface area (Å²) in [4.78, 5) is 3.16. The summed E-state index contributed by atoms with van der Waals surface area (Å²) in [6.07, 6.45) is 2.57. The van der Waals surface area contributed by atoms with E-state index in [4.69, 9.17) is 17.0 Å². The fourth-order valence-corrected chi connectivity index (χ4v) is 2.74. The van der Waals surface area contributed by atoms with Gasteiger partial charge in [0.25, 0.3) is 0 Å². The number of aromatic nitrogens is 2. The van der Waals surface area contributed by atoms with Crippen LogP contribution in [0.4, 0.5) is 0 Å². The van der Waals surface area contributed by atoms with Crippen molar-refractivity contribution in [2.45, 2.75) is 13.0 Å². The molecule has 0 saturated heterocycles. The molecule has 2 aromatic rings. The molecule has 0 fully saturated rings. The first-order chi connectivity index (χ1) is 8.61. The molecule has 0 aliphatic carbocycles. The normalized spacial score (nSPS) is 12.8. The van der Waals surface area contributed by atoms with Gasteiger partial charge >= 0.3 is 0 Å². The van der Waals surface area contributed by atoms with Crippen LogP contribution in [-0.2, 0) is 17.3 Å². The Labute approximate surface area is 113 Å². The smallest absolute Gasteiger partial charge is 0.178 e. The Morgan fingerprint density at radius 3 is 2.94 bits per heavy atom. The summed E-state index contributed by atoms with van der Waals surface area (Å²) < 4.78 is 19.0. The van der Waals surface area contributed by atoms with Crippen LogP contribution in [0, 0.1) is 4.77 Å². The highest BCUT2D eigenvalue weighted by molar-refractivity contribution is 7.84. The van der Waals surface area contributed by atoms with E-state index in [0.29, 0.717) is 10.5 Å². The standard InChI is InChI=1S/C12H16N2O2S2/c1-16-9-4-5-10-11(8-9)14(12(17)13-10)6-3-7-18(2)15/h4-5,8H,3,6-7H2,1-2H3,(H,13,17). The largest absolute Gasteiger partial charge is 0.497 e. The van der Waals surface area contributed by atoms with Gasteiger partial charge in [0.05, 0.1) is 18.1 Å². The monoisotopic (exact) mass is 284 g/mol. The summed E-state index contributed by atoms with van der Waals surface area (Å²) >= 11 is 5.30. The molecule has 1 unspecified atom stereocenters.